The predicted molar refractivity (Wildman–Crippen MR) is 187 cm³/mol. The van der Waals surface area contributed by atoms with E-state index in [1.54, 1.807) is 18.2 Å². The first-order chi connectivity index (χ1) is 23.8. The van der Waals surface area contributed by atoms with Gasteiger partial charge >= 0.3 is 35.5 Å². The van der Waals surface area contributed by atoms with Crippen molar-refractivity contribution >= 4 is 55.1 Å². The molecule has 5 rings (SSSR count). The number of fused-ring (bicyclic) bond motifs is 2. The number of anilines is 1. The number of unbranched alkanes of at least 4 members (excludes halogenated alkanes) is 2. The standard InChI is InChI=1S/C36H43N3O10S2.Na/c1-35(2)26-12-5-6-13-28(26)37(20-7-9-22-50(43,44)45)30(35)14-11-15-31-36(3,4)27-24-25(34(42)49-39-32(40)18-19-33(39)41)16-17-29(27)38(31)21-8-10-23-51(46,47)48;/h5-6,11-17,24H,7-10,18-23H2,1-4H3,(H-,43,44,45,46,47,48);/q;+1/p-1. The molecule has 2 amide bonds. The number of nitrogens with zero attached hydrogens (tertiary/aromatic N) is 3. The number of rotatable bonds is 14. The second-order valence-corrected chi connectivity index (χ2v) is 17.0. The number of amides is 2. The van der Waals surface area contributed by atoms with Gasteiger partial charge in [-0.15, -0.1) is 5.06 Å². The number of allylic oxidation sites excluding steroid dienone is 4. The van der Waals surface area contributed by atoms with Crippen LogP contribution in [0.25, 0.3) is 0 Å². The van der Waals surface area contributed by atoms with Crippen molar-refractivity contribution in [3.8, 4) is 0 Å². The zero-order chi connectivity index (χ0) is 37.4. The molecule has 0 N–H and O–H groups in total. The van der Waals surface area contributed by atoms with Gasteiger partial charge in [-0.3, -0.25) is 9.59 Å². The minimum absolute atomic E-state index is 0. The van der Waals surface area contributed by atoms with Crippen molar-refractivity contribution in [1.82, 2.24) is 5.06 Å². The molecular weight excluding hydrogens is 722 g/mol. The molecule has 13 nitrogen and oxygen atoms in total. The van der Waals surface area contributed by atoms with E-state index in [1.165, 1.54) is 0 Å². The summed E-state index contributed by atoms with van der Waals surface area (Å²) in [5.41, 5.74) is 4.52. The molecule has 2 aromatic carbocycles. The van der Waals surface area contributed by atoms with E-state index in [1.807, 2.05) is 55.2 Å². The number of hydroxylamine groups is 2. The summed E-state index contributed by atoms with van der Waals surface area (Å²) in [5.74, 6) is -2.94. The van der Waals surface area contributed by atoms with Crippen LogP contribution in [0.3, 0.4) is 0 Å². The van der Waals surface area contributed by atoms with Crippen LogP contribution < -0.4 is 34.5 Å². The fourth-order valence-corrected chi connectivity index (χ4v) is 8.16. The summed E-state index contributed by atoms with van der Waals surface area (Å²) in [4.78, 5) is 44.4. The zero-order valence-electron chi connectivity index (χ0n) is 30.1. The number of para-hydroxylation sites is 1. The van der Waals surface area contributed by atoms with E-state index in [2.05, 4.69) is 24.5 Å². The maximum absolute atomic E-state index is 13.1. The summed E-state index contributed by atoms with van der Waals surface area (Å²) in [6.07, 6.45) is 7.12. The van der Waals surface area contributed by atoms with Crippen LogP contribution in [0.15, 0.2) is 66.4 Å². The topological polar surface area (TPSA) is 184 Å². The number of hydrogen-bond donors (Lipinski definition) is 0. The Hall–Kier alpha value is -3.18. The van der Waals surface area contributed by atoms with E-state index >= 15 is 0 Å². The number of carbonyl (C=O) groups excluding carboxylic acids is 3. The molecule has 274 valence electrons. The molecule has 3 heterocycles. The van der Waals surface area contributed by atoms with Gasteiger partial charge in [0.05, 0.1) is 31.2 Å². The maximum Gasteiger partial charge on any atom is 1.00 e. The Balaban J connectivity index is 0.00000605. The summed E-state index contributed by atoms with van der Waals surface area (Å²) in [5, 5.41) is 0.503. The number of carbonyl (C=O) groups is 3. The first-order valence-corrected chi connectivity index (χ1v) is 20.0. The van der Waals surface area contributed by atoms with Crippen LogP contribution in [0.2, 0.25) is 0 Å². The van der Waals surface area contributed by atoms with E-state index in [0.29, 0.717) is 31.0 Å². The number of benzene rings is 2. The molecule has 0 aromatic heterocycles. The van der Waals surface area contributed by atoms with Gasteiger partial charge in [0.15, 0.2) is 5.71 Å². The molecule has 1 fully saturated rings. The van der Waals surface area contributed by atoms with Crippen molar-refractivity contribution in [2.24, 2.45) is 0 Å². The SMILES string of the molecule is CC1(C)C(/C=C/C=C2/N(CCCCS(=O)(=O)[O-])c3ccc(C(=O)ON4C(=O)CCC4=O)cc3C2(C)C)=[N+](CCCCS(=O)(=O)[O-])c2ccccc21.[Na+]. The first kappa shape index (κ1) is 41.6. The minimum Gasteiger partial charge on any atom is -0.748 e. The largest absolute Gasteiger partial charge is 1.00 e. The van der Waals surface area contributed by atoms with Crippen molar-refractivity contribution in [3.05, 3.63) is 83.1 Å². The van der Waals surface area contributed by atoms with Crippen LogP contribution >= 0.6 is 0 Å². The second-order valence-electron chi connectivity index (χ2n) is 14.0. The molecule has 1 saturated heterocycles. The molecule has 0 radical (unpaired) electrons. The van der Waals surface area contributed by atoms with Crippen LogP contribution in [-0.4, -0.2) is 83.7 Å². The molecule has 0 aliphatic carbocycles. The Morgan fingerprint density at radius 2 is 1.48 bits per heavy atom. The van der Waals surface area contributed by atoms with E-state index in [9.17, 15) is 40.3 Å². The van der Waals surface area contributed by atoms with Gasteiger partial charge in [-0.2, -0.15) is 4.58 Å². The minimum atomic E-state index is -4.38. The molecule has 0 atom stereocenters. The summed E-state index contributed by atoms with van der Waals surface area (Å²) < 4.78 is 69.6. The van der Waals surface area contributed by atoms with Crippen molar-refractivity contribution in [1.29, 1.82) is 0 Å². The number of hydrogen-bond acceptors (Lipinski definition) is 11. The fourth-order valence-electron chi connectivity index (χ4n) is 7.05. The van der Waals surface area contributed by atoms with Crippen LogP contribution in [-0.2, 0) is 45.5 Å². The van der Waals surface area contributed by atoms with Crippen molar-refractivity contribution < 1.29 is 79.3 Å². The van der Waals surface area contributed by atoms with Crippen LogP contribution in [0.5, 0.6) is 0 Å². The molecule has 52 heavy (non-hydrogen) atoms. The van der Waals surface area contributed by atoms with Gasteiger partial charge in [-0.1, -0.05) is 38.1 Å². The molecule has 0 bridgehead atoms. The number of imide groups is 1. The fraction of sp³-hybridized carbons (Fsp3) is 0.444. The third kappa shape index (κ3) is 9.12. The first-order valence-electron chi connectivity index (χ1n) is 16.8. The summed E-state index contributed by atoms with van der Waals surface area (Å²) in [6.45, 7) is 9.07. The molecule has 16 heteroatoms. The third-order valence-corrected chi connectivity index (χ3v) is 11.2. The van der Waals surface area contributed by atoms with E-state index in [-0.39, 0.29) is 60.8 Å². The third-order valence-electron chi connectivity index (χ3n) is 9.67. The van der Waals surface area contributed by atoms with Crippen LogP contribution in [0.1, 0.15) is 87.7 Å². The average molecular weight is 764 g/mol. The molecular formula is C36H42N3NaO10S2. The Bertz CT molecular complexity index is 2060. The second kappa shape index (κ2) is 16.0. The van der Waals surface area contributed by atoms with E-state index in [0.717, 1.165) is 33.9 Å². The van der Waals surface area contributed by atoms with Gasteiger partial charge < -0.3 is 18.8 Å². The molecule has 2 aromatic rings. The van der Waals surface area contributed by atoms with Gasteiger partial charge in [0, 0.05) is 71.8 Å². The van der Waals surface area contributed by atoms with Gasteiger partial charge in [0.25, 0.3) is 11.8 Å². The Morgan fingerprint density at radius 3 is 2.12 bits per heavy atom. The monoisotopic (exact) mass is 763 g/mol. The Kier molecular flexibility index (Phi) is 12.8. The van der Waals surface area contributed by atoms with Gasteiger partial charge in [-0.05, 0) is 62.9 Å². The quantitative estimate of drug-likeness (QED) is 0.0885. The summed E-state index contributed by atoms with van der Waals surface area (Å²) in [7, 11) is -8.69. The Labute approximate surface area is 327 Å². The zero-order valence-corrected chi connectivity index (χ0v) is 33.7. The van der Waals surface area contributed by atoms with Crippen LogP contribution in [0.4, 0.5) is 11.4 Å². The van der Waals surface area contributed by atoms with Gasteiger partial charge in [-0.25, -0.2) is 21.6 Å². The molecule has 0 unspecified atom stereocenters. The molecule has 0 saturated carbocycles. The van der Waals surface area contributed by atoms with Crippen molar-refractivity contribution in [2.75, 3.05) is 29.5 Å². The Morgan fingerprint density at radius 1 is 0.865 bits per heavy atom. The predicted octanol–water partition coefficient (Wildman–Crippen LogP) is 1.18. The maximum atomic E-state index is 13.1. The van der Waals surface area contributed by atoms with E-state index in [4.69, 9.17) is 4.84 Å². The average Bonchev–Trinajstić information content (AvgIpc) is 3.55. The molecule has 0 spiro atoms. The summed E-state index contributed by atoms with van der Waals surface area (Å²) >= 11 is 0. The van der Waals surface area contributed by atoms with Crippen LogP contribution in [0, 0.1) is 0 Å². The van der Waals surface area contributed by atoms with Crippen molar-refractivity contribution in [3.63, 3.8) is 0 Å². The van der Waals surface area contributed by atoms with Gasteiger partial charge in [0.1, 0.15) is 6.54 Å². The molecule has 3 aliphatic heterocycles. The van der Waals surface area contributed by atoms with Crippen molar-refractivity contribution in [2.45, 2.75) is 77.0 Å². The van der Waals surface area contributed by atoms with E-state index < -0.39 is 60.4 Å². The molecule has 3 aliphatic rings. The summed E-state index contributed by atoms with van der Waals surface area (Å²) in [6, 6.07) is 12.9. The normalized spacial score (nSPS) is 18.7. The smallest absolute Gasteiger partial charge is 0.748 e. The van der Waals surface area contributed by atoms with Gasteiger partial charge in [0.2, 0.25) is 5.69 Å².